The number of thiophene rings is 1. The Hall–Kier alpha value is -2.77. The van der Waals surface area contributed by atoms with Gasteiger partial charge in [0.2, 0.25) is 6.79 Å². The number of hydrogen-bond donors (Lipinski definition) is 1. The minimum Gasteiger partial charge on any atom is -0.467 e. The molecule has 34 heavy (non-hydrogen) atoms. The van der Waals surface area contributed by atoms with Gasteiger partial charge in [-0.15, -0.1) is 11.3 Å². The molecule has 1 aliphatic carbocycles. The number of fused-ring (bicyclic) bond motifs is 2. The van der Waals surface area contributed by atoms with Gasteiger partial charge in [0, 0.05) is 22.7 Å². The Morgan fingerprint density at radius 3 is 2.82 bits per heavy atom. The highest BCUT2D eigenvalue weighted by atomic mass is 35.5. The lowest BCUT2D eigenvalue weighted by Crippen LogP contribution is -2.28. The molecule has 0 saturated heterocycles. The van der Waals surface area contributed by atoms with E-state index in [-0.39, 0.29) is 18.1 Å². The lowest BCUT2D eigenvalue weighted by Gasteiger charge is -2.33. The van der Waals surface area contributed by atoms with Crippen molar-refractivity contribution >= 4 is 40.1 Å². The molecule has 6 nitrogen and oxygen atoms in total. The van der Waals surface area contributed by atoms with Crippen molar-refractivity contribution in [3.05, 3.63) is 62.9 Å². The van der Waals surface area contributed by atoms with Crippen LogP contribution in [-0.4, -0.2) is 18.9 Å². The summed E-state index contributed by atoms with van der Waals surface area (Å²) in [5.74, 6) is 2.41. The van der Waals surface area contributed by atoms with E-state index in [0.29, 0.717) is 50.9 Å². The van der Waals surface area contributed by atoms with Crippen LogP contribution in [0.3, 0.4) is 0 Å². The Labute approximate surface area is 207 Å². The average Bonchev–Trinajstić information content (AvgIpc) is 3.54. The van der Waals surface area contributed by atoms with Crippen molar-refractivity contribution in [2.75, 3.05) is 6.79 Å². The van der Waals surface area contributed by atoms with E-state index < -0.39 is 0 Å². The van der Waals surface area contributed by atoms with Crippen molar-refractivity contribution < 1.29 is 18.7 Å². The number of benzene rings is 1. The number of carbonyl (C=O) groups is 1. The summed E-state index contributed by atoms with van der Waals surface area (Å²) in [6.07, 6.45) is 6.19. The molecule has 0 unspecified atom stereocenters. The summed E-state index contributed by atoms with van der Waals surface area (Å²) in [6, 6.07) is 7.20. The molecule has 0 saturated carbocycles. The van der Waals surface area contributed by atoms with Gasteiger partial charge in [0.05, 0.1) is 23.4 Å². The topological polar surface area (TPSA) is 73.1 Å². The van der Waals surface area contributed by atoms with Crippen molar-refractivity contribution in [3.63, 3.8) is 0 Å². The third kappa shape index (κ3) is 4.59. The average molecular weight is 499 g/mol. The van der Waals surface area contributed by atoms with Gasteiger partial charge in [-0.3, -0.25) is 4.79 Å². The molecule has 2 aliphatic rings. The molecule has 0 fully saturated rings. The van der Waals surface area contributed by atoms with Crippen LogP contribution in [0.4, 0.5) is 5.00 Å². The minimum absolute atomic E-state index is 0.132. The summed E-state index contributed by atoms with van der Waals surface area (Å²) < 4.78 is 16.2. The van der Waals surface area contributed by atoms with E-state index in [9.17, 15) is 4.79 Å². The third-order valence-electron chi connectivity index (χ3n) is 6.51. The molecular weight excluding hydrogens is 472 g/mol. The Morgan fingerprint density at radius 2 is 2.09 bits per heavy atom. The molecule has 0 spiro atoms. The summed E-state index contributed by atoms with van der Waals surface area (Å²) >= 11 is 8.04. The minimum atomic E-state index is -0.132. The van der Waals surface area contributed by atoms with E-state index in [1.807, 2.05) is 18.2 Å². The highest BCUT2D eigenvalue weighted by Crippen LogP contribution is 2.45. The first kappa shape index (κ1) is 23.0. The normalized spacial score (nSPS) is 17.2. The fourth-order valence-electron chi connectivity index (χ4n) is 4.46. The van der Waals surface area contributed by atoms with Gasteiger partial charge in [-0.2, -0.15) is 0 Å². The smallest absolute Gasteiger partial charge is 0.255 e. The fraction of sp³-hybridized carbons (Fsp3) is 0.385. The fourth-order valence-corrected chi connectivity index (χ4v) is 5.94. The van der Waals surface area contributed by atoms with E-state index in [1.54, 1.807) is 29.9 Å². The molecule has 1 aromatic carbocycles. The van der Waals surface area contributed by atoms with Crippen molar-refractivity contribution in [3.8, 4) is 11.5 Å². The summed E-state index contributed by atoms with van der Waals surface area (Å²) in [4.78, 5) is 19.3. The summed E-state index contributed by atoms with van der Waals surface area (Å²) in [5.41, 5.74) is 2.71. The van der Waals surface area contributed by atoms with Crippen molar-refractivity contribution in [1.29, 1.82) is 0 Å². The molecule has 3 heterocycles. The van der Waals surface area contributed by atoms with Gasteiger partial charge < -0.3 is 19.2 Å². The van der Waals surface area contributed by atoms with Crippen molar-refractivity contribution in [2.45, 2.75) is 46.6 Å². The number of rotatable bonds is 5. The second kappa shape index (κ2) is 9.12. The zero-order valence-electron chi connectivity index (χ0n) is 19.4. The Morgan fingerprint density at radius 1 is 1.29 bits per heavy atom. The highest BCUT2D eigenvalue weighted by Gasteiger charge is 2.33. The molecule has 5 rings (SSSR count). The first-order valence-electron chi connectivity index (χ1n) is 11.4. The zero-order chi connectivity index (χ0) is 23.9. The summed E-state index contributed by atoms with van der Waals surface area (Å²) in [7, 11) is 0. The van der Waals surface area contributed by atoms with Gasteiger partial charge in [0.15, 0.2) is 11.5 Å². The Balaban J connectivity index is 1.47. The molecule has 2 aromatic heterocycles. The van der Waals surface area contributed by atoms with Crippen LogP contribution >= 0.6 is 22.9 Å². The second-order valence-electron chi connectivity index (χ2n) is 9.74. The second-order valence-corrected chi connectivity index (χ2v) is 11.2. The first-order valence-corrected chi connectivity index (χ1v) is 12.6. The Kier molecular flexibility index (Phi) is 6.16. The number of amides is 1. The molecule has 0 radical (unpaired) electrons. The molecular formula is C26H27ClN2O4S. The van der Waals surface area contributed by atoms with E-state index in [2.05, 4.69) is 26.1 Å². The van der Waals surface area contributed by atoms with Crippen LogP contribution in [0.5, 0.6) is 11.5 Å². The van der Waals surface area contributed by atoms with Crippen LogP contribution < -0.4 is 14.8 Å². The van der Waals surface area contributed by atoms with Crippen LogP contribution in [0.2, 0.25) is 5.02 Å². The predicted molar refractivity (Wildman–Crippen MR) is 134 cm³/mol. The first-order chi connectivity index (χ1) is 16.3. The van der Waals surface area contributed by atoms with Crippen LogP contribution in [-0.2, 0) is 19.4 Å². The van der Waals surface area contributed by atoms with Crippen molar-refractivity contribution in [2.24, 2.45) is 16.3 Å². The monoisotopic (exact) mass is 498 g/mol. The maximum absolute atomic E-state index is 13.3. The van der Waals surface area contributed by atoms with E-state index in [1.165, 1.54) is 4.88 Å². The highest BCUT2D eigenvalue weighted by molar-refractivity contribution is 7.16. The number of aliphatic imine (C=N–C) groups is 1. The summed E-state index contributed by atoms with van der Waals surface area (Å²) in [6.45, 7) is 7.37. The third-order valence-corrected chi connectivity index (χ3v) is 8.00. The molecule has 0 bridgehead atoms. The number of furan rings is 1. The van der Waals surface area contributed by atoms with Gasteiger partial charge in [-0.1, -0.05) is 32.4 Å². The lowest BCUT2D eigenvalue weighted by atomic mass is 9.72. The van der Waals surface area contributed by atoms with Crippen LogP contribution in [0.15, 0.2) is 39.9 Å². The quantitative estimate of drug-likeness (QED) is 0.404. The van der Waals surface area contributed by atoms with Gasteiger partial charge in [-0.25, -0.2) is 4.99 Å². The van der Waals surface area contributed by atoms with E-state index in [0.717, 1.165) is 24.8 Å². The predicted octanol–water partition coefficient (Wildman–Crippen LogP) is 6.55. The zero-order valence-corrected chi connectivity index (χ0v) is 21.0. The number of hydrogen-bond acceptors (Lipinski definition) is 6. The van der Waals surface area contributed by atoms with Gasteiger partial charge in [-0.05, 0) is 54.4 Å². The molecule has 1 amide bonds. The van der Waals surface area contributed by atoms with E-state index >= 15 is 0 Å². The molecule has 8 heteroatoms. The maximum atomic E-state index is 13.3. The lowest BCUT2D eigenvalue weighted by molar-refractivity contribution is 0.0947. The maximum Gasteiger partial charge on any atom is 0.255 e. The standard InChI is InChI=1S/C26H27ClN2O4S/c1-26(2,3)16-6-7-18-22(10-16)34-25(23(18)24(30)28-13-17-5-4-8-31-17)29-12-15-9-20-21(11-19(15)27)33-14-32-20/h4-5,8-9,11-12,16H,6-7,10,13-14H2,1-3H3,(H,28,30)/t16-/m0/s1. The number of nitrogens with one attached hydrogen (secondary N) is 1. The number of carbonyl (C=O) groups excluding carboxylic acids is 1. The number of ether oxygens (including phenoxy) is 2. The van der Waals surface area contributed by atoms with Crippen LogP contribution in [0, 0.1) is 11.3 Å². The molecule has 178 valence electrons. The number of nitrogens with zero attached hydrogens (tertiary/aromatic N) is 1. The molecule has 1 aliphatic heterocycles. The van der Waals surface area contributed by atoms with Gasteiger partial charge in [0.1, 0.15) is 10.8 Å². The van der Waals surface area contributed by atoms with Crippen LogP contribution in [0.25, 0.3) is 0 Å². The molecule has 3 aromatic rings. The molecule has 1 N–H and O–H groups in total. The Bertz CT molecular complexity index is 1240. The van der Waals surface area contributed by atoms with Crippen LogP contribution in [0.1, 0.15) is 59.3 Å². The SMILES string of the molecule is CC(C)(C)[C@H]1CCc2c(sc(N=Cc3cc4c(cc3Cl)OCO4)c2C(=O)NCc2ccco2)C1. The number of halogens is 1. The van der Waals surface area contributed by atoms with Crippen molar-refractivity contribution in [1.82, 2.24) is 5.32 Å². The van der Waals surface area contributed by atoms with Gasteiger partial charge >= 0.3 is 0 Å². The van der Waals surface area contributed by atoms with E-state index in [4.69, 9.17) is 30.5 Å². The van der Waals surface area contributed by atoms with Gasteiger partial charge in [0.25, 0.3) is 5.91 Å². The molecule has 1 atom stereocenters. The largest absolute Gasteiger partial charge is 0.467 e. The summed E-state index contributed by atoms with van der Waals surface area (Å²) in [5, 5.41) is 4.22.